The number of anilines is 1. The van der Waals surface area contributed by atoms with Crippen molar-refractivity contribution in [3.63, 3.8) is 0 Å². The van der Waals surface area contributed by atoms with E-state index in [0.29, 0.717) is 12.2 Å². The van der Waals surface area contributed by atoms with Crippen molar-refractivity contribution < 1.29 is 9.53 Å². The molecule has 0 atom stereocenters. The molecule has 3 rings (SSSR count). The molecule has 5 nitrogen and oxygen atoms in total. The normalized spacial score (nSPS) is 10.5. The molecular formula is C20H21N3O2. The summed E-state index contributed by atoms with van der Waals surface area (Å²) in [4.78, 5) is 16.7. The molecule has 25 heavy (non-hydrogen) atoms. The number of carbonyl (C=O) groups is 1. The van der Waals surface area contributed by atoms with Crippen LogP contribution in [0.1, 0.15) is 27.3 Å². The number of aromatic nitrogens is 2. The number of hydrogen-bond donors (Lipinski definition) is 1. The van der Waals surface area contributed by atoms with E-state index in [2.05, 4.69) is 10.3 Å². The number of ether oxygens (including phenoxy) is 1. The molecule has 0 fully saturated rings. The van der Waals surface area contributed by atoms with Gasteiger partial charge in [-0.15, -0.1) is 0 Å². The Kier molecular flexibility index (Phi) is 4.84. The number of benzene rings is 2. The van der Waals surface area contributed by atoms with Crippen LogP contribution in [0, 0.1) is 13.8 Å². The van der Waals surface area contributed by atoms with E-state index in [0.717, 1.165) is 28.4 Å². The third kappa shape index (κ3) is 4.07. The molecule has 3 aromatic rings. The fraction of sp³-hybridized carbons (Fsp3) is 0.200. The highest BCUT2D eigenvalue weighted by Crippen LogP contribution is 2.18. The van der Waals surface area contributed by atoms with Crippen LogP contribution in [0.25, 0.3) is 0 Å². The van der Waals surface area contributed by atoms with Gasteiger partial charge in [-0.3, -0.25) is 4.79 Å². The quantitative estimate of drug-likeness (QED) is 0.770. The minimum Gasteiger partial charge on any atom is -0.486 e. The van der Waals surface area contributed by atoms with Gasteiger partial charge in [-0.25, -0.2) is 4.98 Å². The number of imidazole rings is 1. The van der Waals surface area contributed by atoms with Crippen LogP contribution < -0.4 is 10.1 Å². The first-order chi connectivity index (χ1) is 12.0. The van der Waals surface area contributed by atoms with Gasteiger partial charge in [-0.1, -0.05) is 17.7 Å². The minimum atomic E-state index is -0.108. The summed E-state index contributed by atoms with van der Waals surface area (Å²) in [5.41, 5.74) is 3.44. The van der Waals surface area contributed by atoms with Gasteiger partial charge in [0.1, 0.15) is 18.2 Å². The maximum atomic E-state index is 12.4. The van der Waals surface area contributed by atoms with Crippen molar-refractivity contribution in [2.75, 3.05) is 5.32 Å². The number of hydrogen-bond acceptors (Lipinski definition) is 3. The molecule has 2 aromatic carbocycles. The van der Waals surface area contributed by atoms with Crippen molar-refractivity contribution in [2.24, 2.45) is 7.05 Å². The Hall–Kier alpha value is -3.08. The Bertz CT molecular complexity index is 882. The summed E-state index contributed by atoms with van der Waals surface area (Å²) < 4.78 is 7.63. The minimum absolute atomic E-state index is 0.108. The molecule has 0 aliphatic carbocycles. The zero-order valence-corrected chi connectivity index (χ0v) is 14.6. The van der Waals surface area contributed by atoms with Gasteiger partial charge >= 0.3 is 0 Å². The van der Waals surface area contributed by atoms with Crippen molar-refractivity contribution in [3.8, 4) is 5.75 Å². The standard InChI is InChI=1S/C20H21N3O2/c1-14-4-5-15(2)18(12-14)20(24)22-16-6-8-17(9-7-16)25-13-19-21-10-11-23(19)3/h4-12H,13H2,1-3H3,(H,22,24). The summed E-state index contributed by atoms with van der Waals surface area (Å²) in [5.74, 6) is 1.47. The Morgan fingerprint density at radius 3 is 2.60 bits per heavy atom. The van der Waals surface area contributed by atoms with Crippen molar-refractivity contribution in [1.82, 2.24) is 9.55 Å². The van der Waals surface area contributed by atoms with Crippen molar-refractivity contribution >= 4 is 11.6 Å². The van der Waals surface area contributed by atoms with E-state index >= 15 is 0 Å². The molecule has 1 aromatic heterocycles. The molecule has 0 aliphatic rings. The number of rotatable bonds is 5. The average Bonchev–Trinajstić information content (AvgIpc) is 3.01. The average molecular weight is 335 g/mol. The molecule has 0 saturated carbocycles. The van der Waals surface area contributed by atoms with Crippen LogP contribution in [0.5, 0.6) is 5.75 Å². The monoisotopic (exact) mass is 335 g/mol. The van der Waals surface area contributed by atoms with Gasteiger partial charge in [0.25, 0.3) is 5.91 Å². The lowest BCUT2D eigenvalue weighted by atomic mass is 10.1. The Morgan fingerprint density at radius 2 is 1.92 bits per heavy atom. The SMILES string of the molecule is Cc1ccc(C)c(C(=O)Nc2ccc(OCc3nccn3C)cc2)c1. The number of carbonyl (C=O) groups excluding carboxylic acids is 1. The van der Waals surface area contributed by atoms with Gasteiger partial charge in [0.05, 0.1) is 0 Å². The summed E-state index contributed by atoms with van der Waals surface area (Å²) in [6.45, 7) is 4.31. The van der Waals surface area contributed by atoms with Crippen LogP contribution in [-0.4, -0.2) is 15.5 Å². The third-order valence-electron chi connectivity index (χ3n) is 4.04. The highest BCUT2D eigenvalue weighted by molar-refractivity contribution is 6.05. The van der Waals surface area contributed by atoms with Crippen LogP contribution in [0.4, 0.5) is 5.69 Å². The predicted octanol–water partition coefficient (Wildman–Crippen LogP) is 3.87. The molecule has 5 heteroatoms. The lowest BCUT2D eigenvalue weighted by Crippen LogP contribution is -2.13. The van der Waals surface area contributed by atoms with E-state index in [9.17, 15) is 4.79 Å². The maximum Gasteiger partial charge on any atom is 0.255 e. The second-order valence-corrected chi connectivity index (χ2v) is 6.04. The summed E-state index contributed by atoms with van der Waals surface area (Å²) in [7, 11) is 1.93. The smallest absolute Gasteiger partial charge is 0.255 e. The predicted molar refractivity (Wildman–Crippen MR) is 97.9 cm³/mol. The van der Waals surface area contributed by atoms with Gasteiger partial charge in [-0.2, -0.15) is 0 Å². The van der Waals surface area contributed by atoms with Crippen LogP contribution in [0.2, 0.25) is 0 Å². The molecule has 128 valence electrons. The highest BCUT2D eigenvalue weighted by Gasteiger charge is 2.09. The summed E-state index contributed by atoms with van der Waals surface area (Å²) in [6.07, 6.45) is 3.62. The summed E-state index contributed by atoms with van der Waals surface area (Å²) in [5, 5.41) is 2.92. The molecule has 1 heterocycles. The summed E-state index contributed by atoms with van der Waals surface area (Å²) >= 11 is 0. The van der Waals surface area contributed by atoms with Gasteiger partial charge in [0.2, 0.25) is 0 Å². The molecule has 0 bridgehead atoms. The Morgan fingerprint density at radius 1 is 1.16 bits per heavy atom. The lowest BCUT2D eigenvalue weighted by Gasteiger charge is -2.10. The molecule has 0 unspecified atom stereocenters. The van der Waals surface area contributed by atoms with E-state index in [-0.39, 0.29) is 5.91 Å². The fourth-order valence-electron chi connectivity index (χ4n) is 2.50. The van der Waals surface area contributed by atoms with Gasteiger partial charge < -0.3 is 14.6 Å². The van der Waals surface area contributed by atoms with E-state index < -0.39 is 0 Å². The maximum absolute atomic E-state index is 12.4. The number of amides is 1. The Labute approximate surface area is 147 Å². The number of nitrogens with one attached hydrogen (secondary N) is 1. The van der Waals surface area contributed by atoms with Crippen molar-refractivity contribution in [3.05, 3.63) is 77.4 Å². The first-order valence-electron chi connectivity index (χ1n) is 8.10. The molecule has 0 saturated heterocycles. The number of aryl methyl sites for hydroxylation is 3. The van der Waals surface area contributed by atoms with E-state index in [4.69, 9.17) is 4.74 Å². The number of nitrogens with zero attached hydrogens (tertiary/aromatic N) is 2. The molecule has 1 N–H and O–H groups in total. The van der Waals surface area contributed by atoms with E-state index in [1.165, 1.54) is 0 Å². The van der Waals surface area contributed by atoms with Gasteiger partial charge in [0.15, 0.2) is 0 Å². The largest absolute Gasteiger partial charge is 0.486 e. The zero-order valence-electron chi connectivity index (χ0n) is 14.6. The highest BCUT2D eigenvalue weighted by atomic mass is 16.5. The molecule has 1 amide bonds. The fourth-order valence-corrected chi connectivity index (χ4v) is 2.50. The molecule has 0 aliphatic heterocycles. The van der Waals surface area contributed by atoms with Crippen LogP contribution in [-0.2, 0) is 13.7 Å². The second kappa shape index (κ2) is 7.21. The van der Waals surface area contributed by atoms with Crippen LogP contribution in [0.3, 0.4) is 0 Å². The molecular weight excluding hydrogens is 314 g/mol. The summed E-state index contributed by atoms with van der Waals surface area (Å²) in [6, 6.07) is 13.2. The first kappa shape index (κ1) is 16.8. The third-order valence-corrected chi connectivity index (χ3v) is 4.04. The van der Waals surface area contributed by atoms with Crippen molar-refractivity contribution in [1.29, 1.82) is 0 Å². The first-order valence-corrected chi connectivity index (χ1v) is 8.10. The van der Waals surface area contributed by atoms with Crippen LogP contribution >= 0.6 is 0 Å². The van der Waals surface area contributed by atoms with Crippen molar-refractivity contribution in [2.45, 2.75) is 20.5 Å². The topological polar surface area (TPSA) is 56.1 Å². The van der Waals surface area contributed by atoms with Gasteiger partial charge in [-0.05, 0) is 49.7 Å². The second-order valence-electron chi connectivity index (χ2n) is 6.04. The lowest BCUT2D eigenvalue weighted by molar-refractivity contribution is 0.102. The van der Waals surface area contributed by atoms with E-state index in [1.54, 1.807) is 6.20 Å². The molecule has 0 spiro atoms. The zero-order chi connectivity index (χ0) is 17.8. The van der Waals surface area contributed by atoms with Gasteiger partial charge in [0, 0.05) is 30.7 Å². The Balaban J connectivity index is 1.63. The van der Waals surface area contributed by atoms with Crippen LogP contribution in [0.15, 0.2) is 54.9 Å². The van der Waals surface area contributed by atoms with E-state index in [1.807, 2.05) is 74.1 Å². The molecule has 0 radical (unpaired) electrons.